The van der Waals surface area contributed by atoms with Crippen LogP contribution in [0.4, 0.5) is 5.69 Å². The quantitative estimate of drug-likeness (QED) is 0.621. The van der Waals surface area contributed by atoms with E-state index < -0.39 is 5.97 Å². The molecule has 0 aromatic heterocycles. The van der Waals surface area contributed by atoms with E-state index in [1.54, 1.807) is 0 Å². The monoisotopic (exact) mass is 195 g/mol. The van der Waals surface area contributed by atoms with E-state index in [1.165, 1.54) is 24.3 Å². The summed E-state index contributed by atoms with van der Waals surface area (Å²) in [7, 11) is 0. The fourth-order valence-electron chi connectivity index (χ4n) is 0.619. The Morgan fingerprint density at radius 3 is 2.09 bits per heavy atom. The fourth-order valence-corrected chi connectivity index (χ4v) is 0.619. The predicted molar refractivity (Wildman–Crippen MR) is 35.2 cm³/mol. The van der Waals surface area contributed by atoms with Gasteiger partial charge in [0.1, 0.15) is 0 Å². The van der Waals surface area contributed by atoms with E-state index in [2.05, 4.69) is 0 Å². The molecule has 0 spiro atoms. The average Bonchev–Trinajstić information content (AvgIpc) is 1.88. The van der Waals surface area contributed by atoms with Gasteiger partial charge in [-0.2, -0.15) is 0 Å². The van der Waals surface area contributed by atoms with Gasteiger partial charge in [0.2, 0.25) is 0 Å². The van der Waals surface area contributed by atoms with Gasteiger partial charge < -0.3 is 15.6 Å². The van der Waals surface area contributed by atoms with Gasteiger partial charge in [-0.15, -0.1) is 0 Å². The number of aromatic carboxylic acids is 1. The minimum atomic E-state index is -1.18. The largest absolute Gasteiger partial charge is 2.00 e. The van der Waals surface area contributed by atoms with Crippen LogP contribution in [0.3, 0.4) is 0 Å². The summed E-state index contributed by atoms with van der Waals surface area (Å²) < 4.78 is 0. The Bertz CT molecular complexity index is 245. The van der Waals surface area contributed by atoms with Gasteiger partial charge in [0.15, 0.2) is 0 Å². The molecule has 0 aliphatic heterocycles. The van der Waals surface area contributed by atoms with Crippen molar-refractivity contribution >= 4 is 11.7 Å². The van der Waals surface area contributed by atoms with Gasteiger partial charge in [-0.05, 0) is 17.7 Å². The number of hydrogen-bond acceptors (Lipinski definition) is 3. The molecule has 0 atom stereocenters. The van der Waals surface area contributed by atoms with E-state index in [9.17, 15) is 9.90 Å². The molecule has 1 rings (SSSR count). The Morgan fingerprint density at radius 2 is 1.73 bits per heavy atom. The fraction of sp³-hybridized carbons (Fsp3) is 0. The molecular weight excluding hydrogens is 189 g/mol. The molecule has 1 radical (unpaired) electrons. The molecule has 4 heteroatoms. The number of carboxylic acids is 1. The van der Waals surface area contributed by atoms with E-state index >= 15 is 0 Å². The number of rotatable bonds is 1. The van der Waals surface area contributed by atoms with Crippen LogP contribution in [0.2, 0.25) is 0 Å². The number of carbonyl (C=O) groups excluding carboxylic acids is 1. The molecule has 59 valence electrons. The third kappa shape index (κ3) is 2.61. The number of carboxylic acid groups (broad SMARTS) is 1. The van der Waals surface area contributed by atoms with Gasteiger partial charge in [-0.3, -0.25) is 0 Å². The molecule has 11 heavy (non-hydrogen) atoms. The van der Waals surface area contributed by atoms with Gasteiger partial charge in [0.05, 0.1) is 5.97 Å². The van der Waals surface area contributed by atoms with Crippen molar-refractivity contribution in [3.8, 4) is 0 Å². The standard InChI is InChI=1S/C7H7NO2.Co/c8-6-3-1-5(2-4-6)7(9)10;/h1-4H,8H2,(H,9,10);/q;+2/p-1. The topological polar surface area (TPSA) is 66.2 Å². The second kappa shape index (κ2) is 4.00. The zero-order valence-corrected chi connectivity index (χ0v) is 6.58. The summed E-state index contributed by atoms with van der Waals surface area (Å²) in [4.78, 5) is 10.2. The maximum atomic E-state index is 10.2. The molecule has 0 aliphatic rings. The van der Waals surface area contributed by atoms with Gasteiger partial charge in [-0.25, -0.2) is 0 Å². The first-order chi connectivity index (χ1) is 4.70. The Kier molecular flexibility index (Phi) is 3.63. The second-order valence-electron chi connectivity index (χ2n) is 1.91. The van der Waals surface area contributed by atoms with Crippen LogP contribution in [0.1, 0.15) is 10.4 Å². The van der Waals surface area contributed by atoms with Crippen LogP contribution in [0, 0.1) is 0 Å². The van der Waals surface area contributed by atoms with Gasteiger partial charge >= 0.3 is 16.8 Å². The minimum absolute atomic E-state index is 0. The summed E-state index contributed by atoms with van der Waals surface area (Å²) in [6.07, 6.45) is 0. The van der Waals surface area contributed by atoms with Crippen molar-refractivity contribution in [2.75, 3.05) is 5.73 Å². The average molecular weight is 195 g/mol. The van der Waals surface area contributed by atoms with E-state index in [0.717, 1.165) is 0 Å². The van der Waals surface area contributed by atoms with Crippen molar-refractivity contribution in [2.24, 2.45) is 0 Å². The van der Waals surface area contributed by atoms with Crippen LogP contribution >= 0.6 is 0 Å². The number of benzene rings is 1. The number of nitrogen functional groups attached to an aromatic ring is 1. The Balaban J connectivity index is 0.000001000. The van der Waals surface area contributed by atoms with Crippen LogP contribution in [-0.4, -0.2) is 5.97 Å². The summed E-state index contributed by atoms with van der Waals surface area (Å²) in [5.74, 6) is -1.18. The number of hydrogen-bond donors (Lipinski definition) is 1. The van der Waals surface area contributed by atoms with Crippen LogP contribution < -0.4 is 10.8 Å². The molecule has 2 N–H and O–H groups in total. The van der Waals surface area contributed by atoms with Crippen molar-refractivity contribution in [3.05, 3.63) is 29.8 Å². The molecule has 1 aromatic carbocycles. The smallest absolute Gasteiger partial charge is 0.545 e. The molecule has 0 heterocycles. The maximum absolute atomic E-state index is 10.2. The van der Waals surface area contributed by atoms with Gasteiger partial charge in [-0.1, -0.05) is 12.1 Å². The van der Waals surface area contributed by atoms with Crippen molar-refractivity contribution in [1.82, 2.24) is 0 Å². The third-order valence-electron chi connectivity index (χ3n) is 1.15. The van der Waals surface area contributed by atoms with Crippen LogP contribution in [0.5, 0.6) is 0 Å². The van der Waals surface area contributed by atoms with Crippen molar-refractivity contribution in [2.45, 2.75) is 0 Å². The van der Waals surface area contributed by atoms with E-state index in [1.807, 2.05) is 0 Å². The molecule has 0 bridgehead atoms. The van der Waals surface area contributed by atoms with Gasteiger partial charge in [0, 0.05) is 5.69 Å². The zero-order chi connectivity index (χ0) is 7.56. The van der Waals surface area contributed by atoms with Crippen LogP contribution in [-0.2, 0) is 16.8 Å². The number of carbonyl (C=O) groups is 1. The van der Waals surface area contributed by atoms with E-state index in [-0.39, 0.29) is 22.3 Å². The van der Waals surface area contributed by atoms with E-state index in [4.69, 9.17) is 5.73 Å². The van der Waals surface area contributed by atoms with E-state index in [0.29, 0.717) is 5.69 Å². The normalized spacial score (nSPS) is 8.36. The first-order valence-corrected chi connectivity index (χ1v) is 2.77. The second-order valence-corrected chi connectivity index (χ2v) is 1.91. The molecule has 0 saturated heterocycles. The summed E-state index contributed by atoms with van der Waals surface area (Å²) in [5, 5.41) is 10.2. The molecule has 0 unspecified atom stereocenters. The molecule has 0 aliphatic carbocycles. The first-order valence-electron chi connectivity index (χ1n) is 2.77. The predicted octanol–water partition coefficient (Wildman–Crippen LogP) is -0.370. The third-order valence-corrected chi connectivity index (χ3v) is 1.15. The molecule has 0 saturated carbocycles. The Morgan fingerprint density at radius 1 is 1.27 bits per heavy atom. The molecule has 1 aromatic rings. The Labute approximate surface area is 74.4 Å². The SMILES string of the molecule is Nc1ccc(C(=O)[O-])cc1.[Co+2]. The molecular formula is C7H6CoNO2+. The van der Waals surface area contributed by atoms with Crippen molar-refractivity contribution < 1.29 is 26.7 Å². The van der Waals surface area contributed by atoms with Gasteiger partial charge in [0.25, 0.3) is 0 Å². The summed E-state index contributed by atoms with van der Waals surface area (Å²) in [5.41, 5.74) is 6.01. The molecule has 0 fully saturated rings. The first kappa shape index (κ1) is 10.00. The van der Waals surface area contributed by atoms with Crippen LogP contribution in [0.15, 0.2) is 24.3 Å². The molecule has 0 amide bonds. The zero-order valence-electron chi connectivity index (χ0n) is 5.54. The Hall–Kier alpha value is -1.00. The van der Waals surface area contributed by atoms with Crippen molar-refractivity contribution in [1.29, 1.82) is 0 Å². The minimum Gasteiger partial charge on any atom is -0.545 e. The number of anilines is 1. The maximum Gasteiger partial charge on any atom is 2.00 e. The summed E-state index contributed by atoms with van der Waals surface area (Å²) in [6, 6.07) is 5.85. The summed E-state index contributed by atoms with van der Waals surface area (Å²) in [6.45, 7) is 0. The summed E-state index contributed by atoms with van der Waals surface area (Å²) >= 11 is 0. The van der Waals surface area contributed by atoms with Crippen molar-refractivity contribution in [3.63, 3.8) is 0 Å². The van der Waals surface area contributed by atoms with Crippen LogP contribution in [0.25, 0.3) is 0 Å². The molecule has 3 nitrogen and oxygen atoms in total. The number of nitrogens with two attached hydrogens (primary N) is 1.